The highest BCUT2D eigenvalue weighted by Crippen LogP contribution is 2.17. The second-order valence-corrected chi connectivity index (χ2v) is 5.92. The van der Waals surface area contributed by atoms with E-state index >= 15 is 0 Å². The van der Waals surface area contributed by atoms with E-state index in [1.54, 1.807) is 13.8 Å². The van der Waals surface area contributed by atoms with Crippen molar-refractivity contribution in [1.29, 1.82) is 0 Å². The van der Waals surface area contributed by atoms with Crippen LogP contribution >= 0.6 is 11.8 Å². The first-order valence-corrected chi connectivity index (χ1v) is 7.89. The number of ether oxygens (including phenoxy) is 1. The number of hydrogen-bond donors (Lipinski definition) is 2. The van der Waals surface area contributed by atoms with Crippen molar-refractivity contribution in [2.45, 2.75) is 31.2 Å². The maximum Gasteiger partial charge on any atom is 0.321 e. The van der Waals surface area contributed by atoms with E-state index in [9.17, 15) is 14.4 Å². The number of urea groups is 1. The molecule has 0 saturated carbocycles. The number of benzene rings is 1. The minimum Gasteiger partial charge on any atom is -0.456 e. The Balaban J connectivity index is 2.15. The first kappa shape index (κ1) is 18.0. The Labute approximate surface area is 134 Å². The second-order valence-electron chi connectivity index (χ2n) is 4.75. The molecule has 0 spiro atoms. The van der Waals surface area contributed by atoms with Gasteiger partial charge >= 0.3 is 12.0 Å². The van der Waals surface area contributed by atoms with Gasteiger partial charge < -0.3 is 10.1 Å². The Morgan fingerprint density at radius 1 is 1.18 bits per heavy atom. The molecule has 2 N–H and O–H groups in total. The zero-order valence-corrected chi connectivity index (χ0v) is 13.4. The molecule has 0 saturated heterocycles. The third-order valence-electron chi connectivity index (χ3n) is 2.36. The van der Waals surface area contributed by atoms with Gasteiger partial charge in [-0.15, -0.1) is 11.8 Å². The van der Waals surface area contributed by atoms with Crippen molar-refractivity contribution < 1.29 is 19.1 Å². The van der Waals surface area contributed by atoms with E-state index < -0.39 is 24.5 Å². The molecule has 0 atom stereocenters. The zero-order valence-electron chi connectivity index (χ0n) is 12.6. The number of esters is 1. The third-order valence-corrected chi connectivity index (χ3v) is 3.37. The minimum atomic E-state index is -0.651. The Hall–Kier alpha value is -2.02. The molecule has 6 nitrogen and oxygen atoms in total. The Kier molecular flexibility index (Phi) is 8.06. The van der Waals surface area contributed by atoms with E-state index in [0.717, 1.165) is 4.90 Å². The predicted octanol–water partition coefficient (Wildman–Crippen LogP) is 1.95. The summed E-state index contributed by atoms with van der Waals surface area (Å²) >= 11 is 1.53. The lowest BCUT2D eigenvalue weighted by Gasteiger charge is -2.09. The van der Waals surface area contributed by atoms with Crippen molar-refractivity contribution in [2.24, 2.45) is 0 Å². The van der Waals surface area contributed by atoms with Crippen molar-refractivity contribution >= 4 is 29.7 Å². The van der Waals surface area contributed by atoms with Gasteiger partial charge in [0.2, 0.25) is 0 Å². The molecule has 3 amide bonds. The molecular formula is C15H20N2O4S. The average molecular weight is 324 g/mol. The normalized spacial score (nSPS) is 10.1. The molecule has 0 aliphatic carbocycles. The van der Waals surface area contributed by atoms with Crippen LogP contribution in [-0.4, -0.2) is 36.3 Å². The molecule has 1 aromatic rings. The molecule has 0 heterocycles. The highest BCUT2D eigenvalue weighted by atomic mass is 32.2. The number of nitrogens with one attached hydrogen (secondary N) is 2. The van der Waals surface area contributed by atoms with Gasteiger partial charge in [-0.3, -0.25) is 14.9 Å². The van der Waals surface area contributed by atoms with Crippen molar-refractivity contribution in [1.82, 2.24) is 10.6 Å². The number of carbonyl (C=O) groups is 3. The molecule has 0 aromatic heterocycles. The van der Waals surface area contributed by atoms with Gasteiger partial charge in [-0.25, -0.2) is 4.79 Å². The maximum absolute atomic E-state index is 11.5. The molecule has 0 fully saturated rings. The molecule has 0 bridgehead atoms. The number of thioether (sulfide) groups is 1. The van der Waals surface area contributed by atoms with Crippen LogP contribution in [0.1, 0.15) is 20.3 Å². The number of rotatable bonds is 7. The van der Waals surface area contributed by atoms with Crippen LogP contribution in [-0.2, 0) is 14.3 Å². The van der Waals surface area contributed by atoms with Gasteiger partial charge in [-0.1, -0.05) is 18.2 Å². The summed E-state index contributed by atoms with van der Waals surface area (Å²) in [6, 6.07) is 9.00. The average Bonchev–Trinajstić information content (AvgIpc) is 2.45. The monoisotopic (exact) mass is 324 g/mol. The predicted molar refractivity (Wildman–Crippen MR) is 84.6 cm³/mol. The van der Waals surface area contributed by atoms with Crippen molar-refractivity contribution in [3.8, 4) is 0 Å². The van der Waals surface area contributed by atoms with Crippen molar-refractivity contribution in [3.63, 3.8) is 0 Å². The van der Waals surface area contributed by atoms with E-state index in [4.69, 9.17) is 4.74 Å². The minimum absolute atomic E-state index is 0.0784. The first-order valence-electron chi connectivity index (χ1n) is 6.91. The number of hydrogen-bond acceptors (Lipinski definition) is 5. The Bertz CT molecular complexity index is 506. The summed E-state index contributed by atoms with van der Waals surface area (Å²) in [6.45, 7) is 3.09. The molecule has 120 valence electrons. The lowest BCUT2D eigenvalue weighted by Crippen LogP contribution is -2.44. The van der Waals surface area contributed by atoms with Gasteiger partial charge in [0.05, 0.1) is 6.42 Å². The number of imide groups is 1. The smallest absolute Gasteiger partial charge is 0.321 e. The SMILES string of the molecule is CC(C)NC(=O)NC(=O)COC(=O)CCSc1ccccc1. The fourth-order valence-electron chi connectivity index (χ4n) is 1.45. The van der Waals surface area contributed by atoms with Gasteiger partial charge in [0.15, 0.2) is 6.61 Å². The summed E-state index contributed by atoms with van der Waals surface area (Å²) in [7, 11) is 0. The van der Waals surface area contributed by atoms with Crippen LogP contribution in [0.4, 0.5) is 4.79 Å². The van der Waals surface area contributed by atoms with Gasteiger partial charge in [0.1, 0.15) is 0 Å². The molecular weight excluding hydrogens is 304 g/mol. The van der Waals surface area contributed by atoms with Crippen LogP contribution in [0.3, 0.4) is 0 Å². The van der Waals surface area contributed by atoms with Crippen molar-refractivity contribution in [3.05, 3.63) is 30.3 Å². The lowest BCUT2D eigenvalue weighted by molar-refractivity contribution is -0.147. The van der Waals surface area contributed by atoms with E-state index in [0.29, 0.717) is 5.75 Å². The van der Waals surface area contributed by atoms with Crippen LogP contribution in [0.5, 0.6) is 0 Å². The molecule has 0 aliphatic rings. The summed E-state index contributed by atoms with van der Waals surface area (Å²) < 4.78 is 4.80. The van der Waals surface area contributed by atoms with Crippen LogP contribution in [0.25, 0.3) is 0 Å². The molecule has 0 unspecified atom stereocenters. The van der Waals surface area contributed by atoms with Crippen molar-refractivity contribution in [2.75, 3.05) is 12.4 Å². The van der Waals surface area contributed by atoms with E-state index in [2.05, 4.69) is 10.6 Å². The maximum atomic E-state index is 11.5. The first-order chi connectivity index (χ1) is 10.5. The van der Waals surface area contributed by atoms with Crippen LogP contribution in [0.2, 0.25) is 0 Å². The standard InChI is InChI=1S/C15H20N2O4S/c1-11(2)16-15(20)17-13(18)10-21-14(19)8-9-22-12-6-4-3-5-7-12/h3-7,11H,8-10H2,1-2H3,(H2,16,17,18,20). The quantitative estimate of drug-likeness (QED) is 0.591. The summed E-state index contributed by atoms with van der Waals surface area (Å²) in [6.07, 6.45) is 0.199. The van der Waals surface area contributed by atoms with Crippen LogP contribution < -0.4 is 10.6 Å². The van der Waals surface area contributed by atoms with E-state index in [1.807, 2.05) is 30.3 Å². The molecule has 22 heavy (non-hydrogen) atoms. The lowest BCUT2D eigenvalue weighted by atomic mass is 10.4. The topological polar surface area (TPSA) is 84.5 Å². The molecule has 0 radical (unpaired) electrons. The summed E-state index contributed by atoms with van der Waals surface area (Å²) in [5.74, 6) is -0.553. The number of amides is 3. The fourth-order valence-corrected chi connectivity index (χ4v) is 2.30. The van der Waals surface area contributed by atoms with Gasteiger partial charge in [0.25, 0.3) is 5.91 Å². The number of carbonyl (C=O) groups excluding carboxylic acids is 3. The molecule has 7 heteroatoms. The van der Waals surface area contributed by atoms with Gasteiger partial charge in [0, 0.05) is 16.7 Å². The summed E-state index contributed by atoms with van der Waals surface area (Å²) in [5, 5.41) is 4.58. The van der Waals surface area contributed by atoms with Gasteiger partial charge in [-0.05, 0) is 26.0 Å². The largest absolute Gasteiger partial charge is 0.456 e. The molecule has 1 rings (SSSR count). The summed E-state index contributed by atoms with van der Waals surface area (Å²) in [4.78, 5) is 35.2. The third kappa shape index (κ3) is 8.31. The second kappa shape index (κ2) is 9.83. The highest BCUT2D eigenvalue weighted by molar-refractivity contribution is 7.99. The Morgan fingerprint density at radius 3 is 2.50 bits per heavy atom. The van der Waals surface area contributed by atoms with Gasteiger partial charge in [-0.2, -0.15) is 0 Å². The summed E-state index contributed by atoms with van der Waals surface area (Å²) in [5.41, 5.74) is 0. The highest BCUT2D eigenvalue weighted by Gasteiger charge is 2.11. The van der Waals surface area contributed by atoms with E-state index in [-0.39, 0.29) is 12.5 Å². The van der Waals surface area contributed by atoms with E-state index in [1.165, 1.54) is 11.8 Å². The van der Waals surface area contributed by atoms with Crippen LogP contribution in [0.15, 0.2) is 35.2 Å². The molecule has 1 aromatic carbocycles. The van der Waals surface area contributed by atoms with Crippen LogP contribution in [0, 0.1) is 0 Å². The zero-order chi connectivity index (χ0) is 16.4. The molecule has 0 aliphatic heterocycles. The fraction of sp³-hybridized carbons (Fsp3) is 0.400. The Morgan fingerprint density at radius 2 is 1.86 bits per heavy atom.